The van der Waals surface area contributed by atoms with Gasteiger partial charge in [0, 0.05) is 31.6 Å². The number of anilines is 1. The Labute approximate surface area is 378 Å². The van der Waals surface area contributed by atoms with Gasteiger partial charge in [0.15, 0.2) is 11.6 Å². The first-order valence-corrected chi connectivity index (χ1v) is 23.3. The fourth-order valence-corrected chi connectivity index (χ4v) is 10.1. The molecule has 3 aliphatic rings. The Morgan fingerprint density at radius 3 is 1.34 bits per heavy atom. The van der Waals surface area contributed by atoms with Crippen molar-refractivity contribution >= 4 is 41.0 Å². The van der Waals surface area contributed by atoms with Gasteiger partial charge in [-0.3, -0.25) is 28.8 Å². The minimum Gasteiger partial charge on any atom is -0.469 e. The Hall–Kier alpha value is -5.39. The zero-order chi connectivity index (χ0) is 46.1. The Morgan fingerprint density at radius 2 is 0.984 bits per heavy atom. The van der Waals surface area contributed by atoms with Crippen LogP contribution >= 0.6 is 0 Å². The maximum Gasteiger partial charge on any atom is 0.306 e. The van der Waals surface area contributed by atoms with Gasteiger partial charge in [0.2, 0.25) is 11.8 Å². The quantitative estimate of drug-likeness (QED) is 0.109. The fraction of sp³-hybridized carbons (Fsp3) is 0.538. The van der Waals surface area contributed by atoms with Crippen LogP contribution in [0.25, 0.3) is 0 Å². The summed E-state index contributed by atoms with van der Waals surface area (Å²) < 4.78 is 24.0. The predicted molar refractivity (Wildman–Crippen MR) is 243 cm³/mol. The highest BCUT2D eigenvalue weighted by Crippen LogP contribution is 2.47. The minimum absolute atomic E-state index is 0.00223. The van der Waals surface area contributed by atoms with E-state index in [1.807, 2.05) is 52.0 Å². The summed E-state index contributed by atoms with van der Waals surface area (Å²) in [5, 5.41) is 0. The summed E-state index contributed by atoms with van der Waals surface area (Å²) in [5.74, 6) is -2.64. The molecule has 0 spiro atoms. The third kappa shape index (κ3) is 11.1. The molecule has 11 nitrogen and oxygen atoms in total. The van der Waals surface area contributed by atoms with Crippen molar-refractivity contribution in [2.75, 3.05) is 32.2 Å². The van der Waals surface area contributed by atoms with Gasteiger partial charge in [0.05, 0.1) is 63.1 Å². The van der Waals surface area contributed by atoms with E-state index in [1.54, 1.807) is 21.9 Å². The number of methoxy groups -OCH3 is 2. The lowest BCUT2D eigenvalue weighted by Gasteiger charge is -2.33. The normalized spacial score (nSPS) is 21.6. The molecule has 12 heteroatoms. The largest absolute Gasteiger partial charge is 0.469 e. The number of hydrogen-bond acceptors (Lipinski definition) is 9. The molecule has 0 N–H and O–H groups in total. The number of carbonyl (C=O) groups excluding carboxylic acids is 6. The van der Waals surface area contributed by atoms with Crippen LogP contribution in [0.4, 0.5) is 10.1 Å². The minimum atomic E-state index is -0.535. The molecule has 3 saturated heterocycles. The van der Waals surface area contributed by atoms with Crippen LogP contribution < -0.4 is 4.90 Å². The van der Waals surface area contributed by atoms with Crippen molar-refractivity contribution < 1.29 is 42.6 Å². The van der Waals surface area contributed by atoms with Gasteiger partial charge in [0.1, 0.15) is 5.82 Å². The summed E-state index contributed by atoms with van der Waals surface area (Å²) in [7, 11) is 2.65. The van der Waals surface area contributed by atoms with Crippen LogP contribution in [0.3, 0.4) is 0 Å². The van der Waals surface area contributed by atoms with E-state index >= 15 is 0 Å². The Kier molecular flexibility index (Phi) is 16.5. The number of carbonyl (C=O) groups is 6. The van der Waals surface area contributed by atoms with Gasteiger partial charge < -0.3 is 24.2 Å². The van der Waals surface area contributed by atoms with Crippen molar-refractivity contribution in [2.24, 2.45) is 23.7 Å². The summed E-state index contributed by atoms with van der Waals surface area (Å²) in [6.07, 6.45) is 6.16. The Morgan fingerprint density at radius 1 is 0.594 bits per heavy atom. The molecule has 3 fully saturated rings. The third-order valence-electron chi connectivity index (χ3n) is 14.3. The lowest BCUT2D eigenvalue weighted by atomic mass is 9.87. The summed E-state index contributed by atoms with van der Waals surface area (Å²) in [6, 6.07) is 21.6. The van der Waals surface area contributed by atoms with E-state index in [4.69, 9.17) is 9.47 Å². The highest BCUT2D eigenvalue weighted by molar-refractivity contribution is 5.93. The number of ether oxygens (including phenoxy) is 2. The van der Waals surface area contributed by atoms with E-state index in [1.165, 1.54) is 26.4 Å². The average molecular weight is 880 g/mol. The summed E-state index contributed by atoms with van der Waals surface area (Å²) in [6.45, 7) is 8.89. The molecule has 6 rings (SSSR count). The van der Waals surface area contributed by atoms with Crippen LogP contribution in [0.15, 0.2) is 72.8 Å². The second kappa shape index (κ2) is 22.0. The SMILES string of the molecule is CC[C@H](C)[C@H](CC(=O)OC)C(=O)N1CCC[C@H]1C(=O)Cc1ccc([C@H]2CC[C@H](c3ccc(CC(=O)[C@@H]4CCCN4C(=O)[C@@H](CC(=O)OC)[C@@H](C)CC)cc3)N2c2ccc(F)cc2)cc1. The maximum absolute atomic E-state index is 14.2. The number of esters is 2. The van der Waals surface area contributed by atoms with Crippen LogP contribution in [0.1, 0.15) is 126 Å². The molecule has 0 bridgehead atoms. The molecule has 3 heterocycles. The first-order valence-electron chi connectivity index (χ1n) is 23.3. The van der Waals surface area contributed by atoms with Gasteiger partial charge in [-0.15, -0.1) is 0 Å². The van der Waals surface area contributed by atoms with Gasteiger partial charge in [-0.1, -0.05) is 89.1 Å². The zero-order valence-electron chi connectivity index (χ0n) is 38.4. The van der Waals surface area contributed by atoms with Crippen molar-refractivity contribution in [3.05, 3.63) is 101 Å². The van der Waals surface area contributed by atoms with Gasteiger partial charge in [-0.05, 0) is 96.9 Å². The molecule has 3 aliphatic heterocycles. The number of amides is 2. The van der Waals surface area contributed by atoms with Crippen molar-refractivity contribution in [3.63, 3.8) is 0 Å². The third-order valence-corrected chi connectivity index (χ3v) is 14.3. The molecule has 0 unspecified atom stereocenters. The number of rotatable bonds is 19. The molecule has 344 valence electrons. The molecule has 0 aromatic heterocycles. The maximum atomic E-state index is 14.2. The highest BCUT2D eigenvalue weighted by Gasteiger charge is 2.41. The lowest BCUT2D eigenvalue weighted by Crippen LogP contribution is -2.46. The van der Waals surface area contributed by atoms with E-state index < -0.39 is 35.9 Å². The topological polar surface area (TPSA) is 131 Å². The molecule has 0 saturated carbocycles. The van der Waals surface area contributed by atoms with Gasteiger partial charge in [-0.25, -0.2) is 4.39 Å². The van der Waals surface area contributed by atoms with Gasteiger partial charge >= 0.3 is 11.9 Å². The van der Waals surface area contributed by atoms with Gasteiger partial charge in [0.25, 0.3) is 0 Å². The fourth-order valence-electron chi connectivity index (χ4n) is 10.1. The molecule has 0 radical (unpaired) electrons. The van der Waals surface area contributed by atoms with Crippen molar-refractivity contribution in [3.8, 4) is 0 Å². The molecular weight excluding hydrogens is 814 g/mol. The molecule has 3 aromatic rings. The monoisotopic (exact) mass is 879 g/mol. The van der Waals surface area contributed by atoms with E-state index in [2.05, 4.69) is 29.2 Å². The number of benzene rings is 3. The molecule has 8 atom stereocenters. The second-order valence-corrected chi connectivity index (χ2v) is 18.2. The van der Waals surface area contributed by atoms with E-state index in [0.717, 1.165) is 66.5 Å². The van der Waals surface area contributed by atoms with E-state index in [9.17, 15) is 33.2 Å². The second-order valence-electron chi connectivity index (χ2n) is 18.2. The summed E-state index contributed by atoms with van der Waals surface area (Å²) in [5.41, 5.74) is 4.74. The lowest BCUT2D eigenvalue weighted by molar-refractivity contribution is -0.149. The number of Topliss-reactive ketones (excluding diaryl/α,β-unsaturated/α-hetero) is 2. The first-order chi connectivity index (χ1) is 30.8. The summed E-state index contributed by atoms with van der Waals surface area (Å²) >= 11 is 0. The van der Waals surface area contributed by atoms with Crippen LogP contribution in [0.5, 0.6) is 0 Å². The number of likely N-dealkylation sites (tertiary alicyclic amines) is 2. The van der Waals surface area contributed by atoms with Crippen LogP contribution in [0.2, 0.25) is 0 Å². The molecule has 0 aliphatic carbocycles. The van der Waals surface area contributed by atoms with E-state index in [-0.39, 0.29) is 78.8 Å². The number of ketones is 2. The highest BCUT2D eigenvalue weighted by atomic mass is 19.1. The first kappa shape index (κ1) is 48.1. The van der Waals surface area contributed by atoms with Crippen molar-refractivity contribution in [2.45, 2.75) is 129 Å². The Balaban J connectivity index is 1.14. The van der Waals surface area contributed by atoms with E-state index in [0.29, 0.717) is 25.9 Å². The smallest absolute Gasteiger partial charge is 0.306 e. The molecule has 3 aromatic carbocycles. The van der Waals surface area contributed by atoms with Crippen LogP contribution in [-0.2, 0) is 51.1 Å². The standard InChI is InChI=1S/C52H66FN3O8/c1-7-33(3)41(31-49(59)63-5)51(61)54-27-9-11-45(54)47(57)29-35-13-17-37(18-14-35)43-25-26-44(56(43)40-23-21-39(53)22-24-40)38-19-15-36(16-20-38)30-48(58)46-12-10-28-55(46)52(62)42(34(4)8-2)32-50(60)64-6/h13-24,33-34,41-46H,7-12,25-32H2,1-6H3/t33-,34-,41-,42-,43+,44+,45-,46-/m0/s1. The van der Waals surface area contributed by atoms with Crippen molar-refractivity contribution in [1.29, 1.82) is 0 Å². The Bertz CT molecular complexity index is 1980. The van der Waals surface area contributed by atoms with Gasteiger partial charge in [-0.2, -0.15) is 0 Å². The molecule has 64 heavy (non-hydrogen) atoms. The number of halogens is 1. The number of hydrogen-bond donors (Lipinski definition) is 0. The number of nitrogens with zero attached hydrogens (tertiary/aromatic N) is 3. The molecule has 2 amide bonds. The van der Waals surface area contributed by atoms with Crippen LogP contribution in [-0.4, -0.2) is 84.5 Å². The molecular formula is C52H66FN3O8. The average Bonchev–Trinajstić information content (AvgIpc) is 4.11. The predicted octanol–water partition coefficient (Wildman–Crippen LogP) is 8.56. The zero-order valence-corrected chi connectivity index (χ0v) is 38.4. The van der Waals surface area contributed by atoms with Crippen molar-refractivity contribution in [1.82, 2.24) is 9.80 Å². The van der Waals surface area contributed by atoms with Crippen LogP contribution in [0, 0.1) is 29.5 Å². The summed E-state index contributed by atoms with van der Waals surface area (Å²) in [4.78, 5) is 85.2.